The van der Waals surface area contributed by atoms with Gasteiger partial charge in [-0.2, -0.15) is 0 Å². The van der Waals surface area contributed by atoms with Crippen LogP contribution >= 0.6 is 0 Å². The van der Waals surface area contributed by atoms with Crippen LogP contribution in [0, 0.1) is 0 Å². The number of rotatable bonds is 3. The van der Waals surface area contributed by atoms with E-state index in [1.807, 2.05) is 30.3 Å². The molecule has 1 aromatic carbocycles. The summed E-state index contributed by atoms with van der Waals surface area (Å²) in [6.07, 6.45) is -1.07. The first-order valence-corrected chi connectivity index (χ1v) is 7.45. The Balaban J connectivity index is 1.89. The molecule has 1 aromatic heterocycles. The third-order valence-corrected chi connectivity index (χ3v) is 4.06. The highest BCUT2D eigenvalue weighted by atomic mass is 19.1. The summed E-state index contributed by atoms with van der Waals surface area (Å²) < 4.78 is 13.5. The van der Waals surface area contributed by atoms with Crippen LogP contribution in [0.2, 0.25) is 0 Å². The second-order valence-corrected chi connectivity index (χ2v) is 5.61. The number of amides is 1. The maximum atomic E-state index is 13.5. The highest BCUT2D eigenvalue weighted by Crippen LogP contribution is 2.22. The number of halogens is 1. The van der Waals surface area contributed by atoms with E-state index >= 15 is 0 Å². The molecule has 2 aromatic rings. The van der Waals surface area contributed by atoms with Crippen LogP contribution in [0.4, 0.5) is 4.39 Å². The number of nitrogens with one attached hydrogen (secondary N) is 1. The first-order valence-electron chi connectivity index (χ1n) is 7.45. The fraction of sp³-hybridized carbons (Fsp3) is 0.294. The summed E-state index contributed by atoms with van der Waals surface area (Å²) in [4.78, 5) is 28.6. The van der Waals surface area contributed by atoms with Gasteiger partial charge in [0, 0.05) is 12.1 Å². The topological polar surface area (TPSA) is 73.4 Å². The van der Waals surface area contributed by atoms with E-state index in [0.717, 1.165) is 5.56 Å². The van der Waals surface area contributed by atoms with Crippen molar-refractivity contribution in [1.29, 1.82) is 0 Å². The second-order valence-electron chi connectivity index (χ2n) is 5.61. The quantitative estimate of drug-likeness (QED) is 0.903. The Morgan fingerprint density at radius 3 is 2.65 bits per heavy atom. The first-order chi connectivity index (χ1) is 11.1. The Bertz CT molecular complexity index is 760. The minimum Gasteiger partial charge on any atom is -0.394 e. The number of hydrogen-bond donors (Lipinski definition) is 2. The van der Waals surface area contributed by atoms with Crippen molar-refractivity contribution in [2.45, 2.75) is 18.6 Å². The molecule has 0 aliphatic carbocycles. The lowest BCUT2D eigenvalue weighted by molar-refractivity contribution is 0.0671. The Morgan fingerprint density at radius 1 is 1.26 bits per heavy atom. The fourth-order valence-corrected chi connectivity index (χ4v) is 2.86. The van der Waals surface area contributed by atoms with Crippen molar-refractivity contribution >= 4 is 5.91 Å². The van der Waals surface area contributed by atoms with E-state index in [2.05, 4.69) is 4.98 Å². The number of pyridine rings is 1. The van der Waals surface area contributed by atoms with Gasteiger partial charge in [-0.1, -0.05) is 30.3 Å². The van der Waals surface area contributed by atoms with E-state index in [1.54, 1.807) is 6.07 Å². The number of aromatic amines is 1. The monoisotopic (exact) mass is 316 g/mol. The van der Waals surface area contributed by atoms with Gasteiger partial charge in [0.15, 0.2) is 0 Å². The summed E-state index contributed by atoms with van der Waals surface area (Å²) in [7, 11) is 0. The van der Waals surface area contributed by atoms with Gasteiger partial charge in [0.05, 0.1) is 19.2 Å². The number of nitrogens with zero attached hydrogens (tertiary/aromatic N) is 1. The molecule has 1 aliphatic rings. The van der Waals surface area contributed by atoms with E-state index in [0.29, 0.717) is 5.69 Å². The zero-order valence-corrected chi connectivity index (χ0v) is 12.4. The number of benzene rings is 1. The van der Waals surface area contributed by atoms with Crippen LogP contribution in [0.3, 0.4) is 0 Å². The molecule has 3 rings (SSSR count). The Hall–Kier alpha value is -2.47. The van der Waals surface area contributed by atoms with Gasteiger partial charge in [-0.25, -0.2) is 4.39 Å². The SMILES string of the molecule is O=C(c1ccc(-c2ccccc2)[nH]c1=O)N1C[C@@H](F)C[C@H]1CO. The zero-order chi connectivity index (χ0) is 16.4. The molecule has 0 bridgehead atoms. The standard InChI is InChI=1S/C17H17FN2O3/c18-12-8-13(10-21)20(9-12)17(23)14-6-7-15(19-16(14)22)11-4-2-1-3-5-11/h1-7,12-13,21H,8-10H2,(H,19,22)/t12-,13-/m0/s1. The number of carbonyl (C=O) groups is 1. The normalized spacial score (nSPS) is 20.7. The summed E-state index contributed by atoms with van der Waals surface area (Å²) in [5.74, 6) is -0.551. The Kier molecular flexibility index (Phi) is 4.25. The molecule has 6 heteroatoms. The van der Waals surface area contributed by atoms with Gasteiger partial charge >= 0.3 is 0 Å². The number of H-pyrrole nitrogens is 1. The minimum absolute atomic E-state index is 0.0442. The van der Waals surface area contributed by atoms with Crippen LogP contribution in [-0.4, -0.2) is 46.3 Å². The summed E-state index contributed by atoms with van der Waals surface area (Å²) in [5, 5.41) is 9.27. The molecular weight excluding hydrogens is 299 g/mol. The third kappa shape index (κ3) is 3.03. The van der Waals surface area contributed by atoms with E-state index < -0.39 is 23.7 Å². The molecule has 1 amide bonds. The third-order valence-electron chi connectivity index (χ3n) is 4.06. The number of aliphatic hydroxyl groups is 1. The smallest absolute Gasteiger partial charge is 0.261 e. The lowest BCUT2D eigenvalue weighted by atomic mass is 10.1. The van der Waals surface area contributed by atoms with E-state index in [1.165, 1.54) is 11.0 Å². The van der Waals surface area contributed by atoms with Crippen LogP contribution < -0.4 is 5.56 Å². The van der Waals surface area contributed by atoms with Crippen molar-refractivity contribution in [3.05, 3.63) is 58.4 Å². The van der Waals surface area contributed by atoms with Gasteiger partial charge in [0.2, 0.25) is 0 Å². The van der Waals surface area contributed by atoms with Crippen LogP contribution in [0.5, 0.6) is 0 Å². The highest BCUT2D eigenvalue weighted by Gasteiger charge is 2.36. The van der Waals surface area contributed by atoms with Gasteiger partial charge in [-0.05, 0) is 17.7 Å². The second kappa shape index (κ2) is 6.34. The summed E-state index contributed by atoms with van der Waals surface area (Å²) in [6, 6.07) is 11.8. The largest absolute Gasteiger partial charge is 0.394 e. The average Bonchev–Trinajstić information content (AvgIpc) is 2.96. The number of alkyl halides is 1. The van der Waals surface area contributed by atoms with Gasteiger partial charge in [-0.15, -0.1) is 0 Å². The number of aliphatic hydroxyl groups excluding tert-OH is 1. The number of hydrogen-bond acceptors (Lipinski definition) is 3. The molecule has 5 nitrogen and oxygen atoms in total. The molecule has 1 aliphatic heterocycles. The van der Waals surface area contributed by atoms with Crippen LogP contribution in [0.15, 0.2) is 47.3 Å². The first kappa shape index (κ1) is 15.4. The van der Waals surface area contributed by atoms with Crippen molar-refractivity contribution in [1.82, 2.24) is 9.88 Å². The molecule has 0 saturated carbocycles. The van der Waals surface area contributed by atoms with Crippen LogP contribution in [0.1, 0.15) is 16.8 Å². The lowest BCUT2D eigenvalue weighted by Crippen LogP contribution is -2.40. The Morgan fingerprint density at radius 2 is 2.00 bits per heavy atom. The minimum atomic E-state index is -1.17. The molecule has 23 heavy (non-hydrogen) atoms. The molecule has 0 radical (unpaired) electrons. The van der Waals surface area contributed by atoms with E-state index in [-0.39, 0.29) is 25.1 Å². The summed E-state index contributed by atoms with van der Waals surface area (Å²) >= 11 is 0. The molecular formula is C17H17FN2O3. The highest BCUT2D eigenvalue weighted by molar-refractivity contribution is 5.94. The molecule has 2 atom stereocenters. The number of carbonyl (C=O) groups excluding carboxylic acids is 1. The van der Waals surface area contributed by atoms with Crippen molar-refractivity contribution in [2.24, 2.45) is 0 Å². The maximum absolute atomic E-state index is 13.5. The molecule has 1 saturated heterocycles. The molecule has 1 fully saturated rings. The molecule has 0 unspecified atom stereocenters. The van der Waals surface area contributed by atoms with Crippen LogP contribution in [0.25, 0.3) is 11.3 Å². The van der Waals surface area contributed by atoms with Crippen molar-refractivity contribution in [3.8, 4) is 11.3 Å². The molecule has 2 heterocycles. The van der Waals surface area contributed by atoms with E-state index in [4.69, 9.17) is 0 Å². The zero-order valence-electron chi connectivity index (χ0n) is 12.4. The number of aromatic nitrogens is 1. The predicted octanol–water partition coefficient (Wildman–Crippen LogP) is 1.59. The fourth-order valence-electron chi connectivity index (χ4n) is 2.86. The summed E-state index contributed by atoms with van der Waals surface area (Å²) in [5.41, 5.74) is 0.880. The van der Waals surface area contributed by atoms with Gasteiger partial charge in [0.1, 0.15) is 11.7 Å². The lowest BCUT2D eigenvalue weighted by Gasteiger charge is -2.22. The molecule has 0 spiro atoms. The van der Waals surface area contributed by atoms with Gasteiger partial charge in [-0.3, -0.25) is 9.59 Å². The number of likely N-dealkylation sites (tertiary alicyclic amines) is 1. The Labute approximate surface area is 132 Å². The van der Waals surface area contributed by atoms with Crippen molar-refractivity contribution in [2.75, 3.05) is 13.2 Å². The predicted molar refractivity (Wildman–Crippen MR) is 83.9 cm³/mol. The van der Waals surface area contributed by atoms with Gasteiger partial charge in [0.25, 0.3) is 11.5 Å². The van der Waals surface area contributed by atoms with Crippen molar-refractivity contribution < 1.29 is 14.3 Å². The van der Waals surface area contributed by atoms with E-state index in [9.17, 15) is 19.1 Å². The molecule has 120 valence electrons. The summed E-state index contributed by atoms with van der Waals surface area (Å²) in [6.45, 7) is -0.407. The molecule has 2 N–H and O–H groups in total. The van der Waals surface area contributed by atoms with Crippen LogP contribution in [-0.2, 0) is 0 Å². The average molecular weight is 316 g/mol. The van der Waals surface area contributed by atoms with Gasteiger partial charge < -0.3 is 15.0 Å². The van der Waals surface area contributed by atoms with Crippen molar-refractivity contribution in [3.63, 3.8) is 0 Å². The maximum Gasteiger partial charge on any atom is 0.261 e.